The number of imidazole rings is 1. The molecular formula is C37H73N2+. The van der Waals surface area contributed by atoms with E-state index in [2.05, 4.69) is 49.6 Å². The standard InChI is InChI=1S/C37H72N2/c1-5-8-11-14-16-18-19-20-21-23-26-29-32-36(31-28-24-13-10-7-3)37-38-33-34-39(37)35(4)30-27-25-22-17-15-12-9-6-2/h33-36H,5-32H2,1-4H3/p+1. The minimum absolute atomic E-state index is 0.621. The molecule has 2 unspecified atom stereocenters. The van der Waals surface area contributed by atoms with Crippen molar-refractivity contribution in [2.24, 2.45) is 0 Å². The Morgan fingerprint density at radius 1 is 0.487 bits per heavy atom. The van der Waals surface area contributed by atoms with Crippen LogP contribution in [0, 0.1) is 0 Å². The zero-order valence-corrected chi connectivity index (χ0v) is 27.6. The Labute approximate surface area is 246 Å². The molecule has 1 aromatic rings. The van der Waals surface area contributed by atoms with Crippen molar-refractivity contribution in [3.8, 4) is 0 Å². The molecule has 0 aliphatic heterocycles. The molecule has 1 heterocycles. The Bertz CT molecular complexity index is 606. The van der Waals surface area contributed by atoms with Gasteiger partial charge < -0.3 is 0 Å². The van der Waals surface area contributed by atoms with Crippen molar-refractivity contribution in [3.05, 3.63) is 18.2 Å². The smallest absolute Gasteiger partial charge is 0.247 e. The van der Waals surface area contributed by atoms with Crippen molar-refractivity contribution in [2.45, 2.75) is 219 Å². The summed E-state index contributed by atoms with van der Waals surface area (Å²) >= 11 is 0. The van der Waals surface area contributed by atoms with Crippen LogP contribution in [0.15, 0.2) is 12.4 Å². The largest absolute Gasteiger partial charge is 0.257 e. The van der Waals surface area contributed by atoms with Crippen LogP contribution in [0.5, 0.6) is 0 Å². The van der Waals surface area contributed by atoms with Crippen LogP contribution in [0.25, 0.3) is 0 Å². The normalized spacial score (nSPS) is 13.2. The highest BCUT2D eigenvalue weighted by molar-refractivity contribution is 4.90. The summed E-state index contributed by atoms with van der Waals surface area (Å²) in [6, 6.07) is 0.621. The lowest BCUT2D eigenvalue weighted by Gasteiger charge is -2.17. The van der Waals surface area contributed by atoms with Crippen LogP contribution in [0.3, 0.4) is 0 Å². The lowest BCUT2D eigenvalue weighted by atomic mass is 9.93. The van der Waals surface area contributed by atoms with Crippen LogP contribution in [0.4, 0.5) is 0 Å². The van der Waals surface area contributed by atoms with E-state index in [-0.39, 0.29) is 0 Å². The monoisotopic (exact) mass is 546 g/mol. The molecule has 0 aromatic carbocycles. The highest BCUT2D eigenvalue weighted by atomic mass is 15.1. The van der Waals surface area contributed by atoms with E-state index in [9.17, 15) is 0 Å². The molecule has 0 fully saturated rings. The average Bonchev–Trinajstić information content (AvgIpc) is 3.44. The maximum atomic E-state index is 3.73. The maximum absolute atomic E-state index is 3.73. The zero-order chi connectivity index (χ0) is 28.2. The Hall–Kier alpha value is -0.790. The number of nitrogens with one attached hydrogen (secondary N) is 1. The first kappa shape index (κ1) is 36.2. The molecule has 2 atom stereocenters. The van der Waals surface area contributed by atoms with Crippen LogP contribution in [0.1, 0.15) is 225 Å². The van der Waals surface area contributed by atoms with E-state index >= 15 is 0 Å². The van der Waals surface area contributed by atoms with Gasteiger partial charge in [0.15, 0.2) is 0 Å². The molecule has 39 heavy (non-hydrogen) atoms. The van der Waals surface area contributed by atoms with Crippen molar-refractivity contribution in [2.75, 3.05) is 0 Å². The zero-order valence-electron chi connectivity index (χ0n) is 27.6. The van der Waals surface area contributed by atoms with Gasteiger partial charge >= 0.3 is 0 Å². The Balaban J connectivity index is 2.39. The molecule has 0 radical (unpaired) electrons. The highest BCUT2D eigenvalue weighted by Gasteiger charge is 2.25. The summed E-state index contributed by atoms with van der Waals surface area (Å²) in [7, 11) is 0. The second-order valence-corrected chi connectivity index (χ2v) is 12.9. The lowest BCUT2D eigenvalue weighted by molar-refractivity contribution is -0.727. The number of hydrogen-bond acceptors (Lipinski definition) is 0. The summed E-state index contributed by atoms with van der Waals surface area (Å²) < 4.78 is 2.62. The topological polar surface area (TPSA) is 19.7 Å². The molecule has 0 aliphatic carbocycles. The minimum atomic E-state index is 0.621. The van der Waals surface area contributed by atoms with Crippen molar-refractivity contribution < 1.29 is 4.57 Å². The van der Waals surface area contributed by atoms with Gasteiger partial charge in [0, 0.05) is 0 Å². The second-order valence-electron chi connectivity index (χ2n) is 12.9. The van der Waals surface area contributed by atoms with Crippen molar-refractivity contribution >= 4 is 0 Å². The summed E-state index contributed by atoms with van der Waals surface area (Å²) in [5.74, 6) is 2.24. The molecular weight excluding hydrogens is 472 g/mol. The molecule has 0 saturated heterocycles. The summed E-state index contributed by atoms with van der Waals surface area (Å²) in [5.41, 5.74) is 0. The van der Waals surface area contributed by atoms with E-state index in [0.29, 0.717) is 12.0 Å². The molecule has 0 amide bonds. The van der Waals surface area contributed by atoms with Gasteiger partial charge in [-0.1, -0.05) is 175 Å². The number of H-pyrrole nitrogens is 1. The van der Waals surface area contributed by atoms with Gasteiger partial charge in [-0.25, -0.2) is 9.55 Å². The molecule has 1 aromatic heterocycles. The fraction of sp³-hybridized carbons (Fsp3) is 0.919. The van der Waals surface area contributed by atoms with Crippen molar-refractivity contribution in [3.63, 3.8) is 0 Å². The number of rotatable bonds is 30. The highest BCUT2D eigenvalue weighted by Crippen LogP contribution is 2.27. The summed E-state index contributed by atoms with van der Waals surface area (Å²) in [6.07, 6.45) is 44.2. The number of aromatic amines is 1. The van der Waals surface area contributed by atoms with Gasteiger partial charge in [-0.05, 0) is 32.6 Å². The average molecular weight is 546 g/mol. The maximum Gasteiger partial charge on any atom is 0.257 e. The van der Waals surface area contributed by atoms with Crippen molar-refractivity contribution in [1.29, 1.82) is 0 Å². The van der Waals surface area contributed by atoms with Crippen LogP contribution in [0.2, 0.25) is 0 Å². The predicted octanol–water partition coefficient (Wildman–Crippen LogP) is 12.9. The second kappa shape index (κ2) is 27.4. The van der Waals surface area contributed by atoms with Crippen LogP contribution in [-0.4, -0.2) is 4.98 Å². The van der Waals surface area contributed by atoms with Gasteiger partial charge in [0.2, 0.25) is 0 Å². The molecule has 0 bridgehead atoms. The number of unbranched alkanes of at least 4 members (excludes halogenated alkanes) is 22. The molecule has 2 heteroatoms. The molecule has 1 N–H and O–H groups in total. The molecule has 0 saturated carbocycles. The first-order chi connectivity index (χ1) is 19.2. The molecule has 230 valence electrons. The quantitative estimate of drug-likeness (QED) is 0.0732. The molecule has 2 nitrogen and oxygen atoms in total. The molecule has 1 rings (SSSR count). The van der Waals surface area contributed by atoms with E-state index in [1.165, 1.54) is 186 Å². The third-order valence-corrected chi connectivity index (χ3v) is 9.14. The summed E-state index contributed by atoms with van der Waals surface area (Å²) in [6.45, 7) is 9.40. The van der Waals surface area contributed by atoms with Gasteiger partial charge in [0.25, 0.3) is 5.82 Å². The molecule has 0 aliphatic rings. The SMILES string of the molecule is CCCCCCCCCCCCCCC(CCCCCCC)c1[nH]cc[n+]1C(C)CCCCCCCCCC. The fourth-order valence-corrected chi connectivity index (χ4v) is 6.43. The molecule has 0 spiro atoms. The fourth-order valence-electron chi connectivity index (χ4n) is 6.43. The Morgan fingerprint density at radius 2 is 0.821 bits per heavy atom. The van der Waals surface area contributed by atoms with Gasteiger partial charge in [0.1, 0.15) is 12.4 Å². The summed E-state index contributed by atoms with van der Waals surface area (Å²) in [5, 5.41) is 0. The number of nitrogens with zero attached hydrogens (tertiary/aromatic N) is 1. The predicted molar refractivity (Wildman–Crippen MR) is 175 cm³/mol. The summed E-state index contributed by atoms with van der Waals surface area (Å²) in [4.78, 5) is 3.73. The first-order valence-corrected chi connectivity index (χ1v) is 18.3. The van der Waals surface area contributed by atoms with E-state index in [1.807, 2.05) is 0 Å². The number of hydrogen-bond donors (Lipinski definition) is 1. The Kier molecular flexibility index (Phi) is 25.4. The van der Waals surface area contributed by atoms with Gasteiger partial charge in [-0.3, -0.25) is 0 Å². The third kappa shape index (κ3) is 19.8. The van der Waals surface area contributed by atoms with E-state index < -0.39 is 0 Å². The lowest BCUT2D eigenvalue weighted by Crippen LogP contribution is -2.41. The first-order valence-electron chi connectivity index (χ1n) is 18.3. The van der Waals surface area contributed by atoms with Crippen molar-refractivity contribution in [1.82, 2.24) is 4.98 Å². The van der Waals surface area contributed by atoms with Crippen LogP contribution >= 0.6 is 0 Å². The van der Waals surface area contributed by atoms with Crippen LogP contribution in [-0.2, 0) is 0 Å². The van der Waals surface area contributed by atoms with Gasteiger partial charge in [-0.15, -0.1) is 0 Å². The third-order valence-electron chi connectivity index (χ3n) is 9.14. The van der Waals surface area contributed by atoms with E-state index in [0.717, 1.165) is 0 Å². The van der Waals surface area contributed by atoms with Gasteiger partial charge in [0.05, 0.1) is 12.0 Å². The number of aromatic nitrogens is 2. The Morgan fingerprint density at radius 3 is 1.21 bits per heavy atom. The van der Waals surface area contributed by atoms with Gasteiger partial charge in [-0.2, -0.15) is 0 Å². The van der Waals surface area contributed by atoms with Crippen LogP contribution < -0.4 is 4.57 Å². The minimum Gasteiger partial charge on any atom is -0.247 e. The van der Waals surface area contributed by atoms with E-state index in [1.54, 1.807) is 0 Å². The van der Waals surface area contributed by atoms with E-state index in [4.69, 9.17) is 0 Å².